The number of hydrogen-bond donors (Lipinski definition) is 1. The van der Waals surface area contributed by atoms with E-state index in [0.717, 1.165) is 6.20 Å². The van der Waals surface area contributed by atoms with Crippen LogP contribution in [0.2, 0.25) is 0 Å². The lowest BCUT2D eigenvalue weighted by Gasteiger charge is -2.09. The molecular formula is C7H5BrClF2NO. The summed E-state index contributed by atoms with van der Waals surface area (Å²) in [5.74, 6) is -0.657. The highest BCUT2D eigenvalue weighted by molar-refractivity contribution is 9.10. The van der Waals surface area contributed by atoms with Crippen molar-refractivity contribution in [1.29, 1.82) is 0 Å². The summed E-state index contributed by atoms with van der Waals surface area (Å²) in [6, 6.07) is 0. The lowest BCUT2D eigenvalue weighted by atomic mass is 10.1. The van der Waals surface area contributed by atoms with Gasteiger partial charge in [-0.25, -0.2) is 13.8 Å². The monoisotopic (exact) mass is 271 g/mol. The SMILES string of the molecule is Oc1cnc(Br)c(CCl)c1C(F)F. The van der Waals surface area contributed by atoms with Crippen LogP contribution in [0.1, 0.15) is 17.6 Å². The van der Waals surface area contributed by atoms with Crippen molar-refractivity contribution in [2.75, 3.05) is 0 Å². The van der Waals surface area contributed by atoms with Crippen LogP contribution in [-0.4, -0.2) is 10.1 Å². The molecule has 1 rings (SSSR count). The molecule has 0 bridgehead atoms. The van der Waals surface area contributed by atoms with Gasteiger partial charge in [-0.1, -0.05) is 0 Å². The number of rotatable bonds is 2. The maximum Gasteiger partial charge on any atom is 0.267 e. The standard InChI is InChI=1S/C7H5BrClF2NO/c8-6-3(1-9)5(7(10)11)4(13)2-12-6/h2,7,13H,1H2. The predicted octanol–water partition coefficient (Wildman–Crippen LogP) is 3.23. The van der Waals surface area contributed by atoms with Crippen LogP contribution in [0.4, 0.5) is 8.78 Å². The molecule has 1 N–H and O–H groups in total. The Morgan fingerprint density at radius 2 is 2.23 bits per heavy atom. The van der Waals surface area contributed by atoms with Crippen molar-refractivity contribution in [2.24, 2.45) is 0 Å². The molecule has 0 amide bonds. The maximum absolute atomic E-state index is 12.4. The van der Waals surface area contributed by atoms with Gasteiger partial charge in [-0.05, 0) is 15.9 Å². The average molecular weight is 272 g/mol. The molecule has 1 aromatic rings. The topological polar surface area (TPSA) is 33.1 Å². The molecule has 0 saturated heterocycles. The molecule has 0 aliphatic heterocycles. The minimum atomic E-state index is -2.76. The van der Waals surface area contributed by atoms with Crippen LogP contribution in [0, 0.1) is 0 Å². The van der Waals surface area contributed by atoms with Gasteiger partial charge in [-0.15, -0.1) is 11.6 Å². The highest BCUT2D eigenvalue weighted by atomic mass is 79.9. The van der Waals surface area contributed by atoms with E-state index in [2.05, 4.69) is 20.9 Å². The quantitative estimate of drug-likeness (QED) is 0.662. The lowest BCUT2D eigenvalue weighted by molar-refractivity contribution is 0.146. The van der Waals surface area contributed by atoms with E-state index >= 15 is 0 Å². The largest absolute Gasteiger partial charge is 0.506 e. The van der Waals surface area contributed by atoms with Gasteiger partial charge in [-0.2, -0.15) is 0 Å². The second-order valence-electron chi connectivity index (χ2n) is 2.26. The zero-order valence-corrected chi connectivity index (χ0v) is 8.61. The van der Waals surface area contributed by atoms with Crippen molar-refractivity contribution in [2.45, 2.75) is 12.3 Å². The third-order valence-corrected chi connectivity index (χ3v) is 2.45. The molecule has 0 aromatic carbocycles. The van der Waals surface area contributed by atoms with Gasteiger partial charge in [0.25, 0.3) is 6.43 Å². The van der Waals surface area contributed by atoms with Gasteiger partial charge < -0.3 is 5.11 Å². The minimum absolute atomic E-state index is 0.122. The van der Waals surface area contributed by atoms with Crippen molar-refractivity contribution < 1.29 is 13.9 Å². The molecule has 1 aromatic heterocycles. The van der Waals surface area contributed by atoms with Crippen molar-refractivity contribution in [3.8, 4) is 5.75 Å². The van der Waals surface area contributed by atoms with E-state index in [9.17, 15) is 8.78 Å². The number of alkyl halides is 3. The highest BCUT2D eigenvalue weighted by Gasteiger charge is 2.20. The number of hydrogen-bond acceptors (Lipinski definition) is 2. The number of aromatic hydroxyl groups is 1. The smallest absolute Gasteiger partial charge is 0.267 e. The zero-order valence-electron chi connectivity index (χ0n) is 6.27. The fourth-order valence-corrected chi connectivity index (χ4v) is 1.79. The Labute approximate surface area is 86.7 Å². The van der Waals surface area contributed by atoms with Crippen LogP contribution in [0.15, 0.2) is 10.8 Å². The van der Waals surface area contributed by atoms with Gasteiger partial charge in [0.05, 0.1) is 17.6 Å². The Bertz CT molecular complexity index is 322. The molecule has 2 nitrogen and oxygen atoms in total. The van der Waals surface area contributed by atoms with E-state index in [0.29, 0.717) is 0 Å². The molecule has 0 aliphatic carbocycles. The van der Waals surface area contributed by atoms with E-state index in [4.69, 9.17) is 16.7 Å². The van der Waals surface area contributed by atoms with Gasteiger partial charge >= 0.3 is 0 Å². The minimum Gasteiger partial charge on any atom is -0.506 e. The van der Waals surface area contributed by atoms with Crippen molar-refractivity contribution in [3.05, 3.63) is 21.9 Å². The summed E-state index contributed by atoms with van der Waals surface area (Å²) in [7, 11) is 0. The third kappa shape index (κ3) is 2.08. The first-order valence-electron chi connectivity index (χ1n) is 3.28. The van der Waals surface area contributed by atoms with Crippen molar-refractivity contribution >= 4 is 27.5 Å². The molecular weight excluding hydrogens is 267 g/mol. The molecule has 0 saturated carbocycles. The summed E-state index contributed by atoms with van der Waals surface area (Å²) in [5, 5.41) is 9.10. The zero-order chi connectivity index (χ0) is 10.0. The molecule has 6 heteroatoms. The summed E-state index contributed by atoms with van der Waals surface area (Å²) < 4.78 is 25.0. The first kappa shape index (κ1) is 10.7. The predicted molar refractivity (Wildman–Crippen MR) is 48.1 cm³/mol. The first-order chi connectivity index (χ1) is 6.07. The second-order valence-corrected chi connectivity index (χ2v) is 3.28. The molecule has 0 unspecified atom stereocenters. The molecule has 0 fully saturated rings. The van der Waals surface area contributed by atoms with Crippen LogP contribution in [-0.2, 0) is 5.88 Å². The third-order valence-electron chi connectivity index (χ3n) is 1.50. The van der Waals surface area contributed by atoms with Gasteiger partial charge in [0.1, 0.15) is 10.4 Å². The number of pyridine rings is 1. The summed E-state index contributed by atoms with van der Waals surface area (Å²) in [4.78, 5) is 3.64. The van der Waals surface area contributed by atoms with Gasteiger partial charge in [-0.3, -0.25) is 0 Å². The Hall–Kier alpha value is -0.420. The van der Waals surface area contributed by atoms with E-state index in [1.165, 1.54) is 0 Å². The van der Waals surface area contributed by atoms with Crippen molar-refractivity contribution in [1.82, 2.24) is 4.98 Å². The highest BCUT2D eigenvalue weighted by Crippen LogP contribution is 2.34. The molecule has 1 heterocycles. The Balaban J connectivity index is 3.35. The molecule has 13 heavy (non-hydrogen) atoms. The van der Waals surface area contributed by atoms with Crippen molar-refractivity contribution in [3.63, 3.8) is 0 Å². The first-order valence-corrected chi connectivity index (χ1v) is 4.61. The van der Waals surface area contributed by atoms with Crippen LogP contribution in [0.3, 0.4) is 0 Å². The van der Waals surface area contributed by atoms with Crippen LogP contribution in [0.25, 0.3) is 0 Å². The van der Waals surface area contributed by atoms with Gasteiger partial charge in [0, 0.05) is 5.56 Å². The Morgan fingerprint density at radius 1 is 1.62 bits per heavy atom. The van der Waals surface area contributed by atoms with E-state index in [-0.39, 0.29) is 16.0 Å². The van der Waals surface area contributed by atoms with E-state index in [1.54, 1.807) is 0 Å². The molecule has 0 radical (unpaired) electrons. The summed E-state index contributed by atoms with van der Waals surface area (Å²) in [6.07, 6.45) is -1.80. The molecule has 72 valence electrons. The molecule has 0 spiro atoms. The van der Waals surface area contributed by atoms with Crippen LogP contribution >= 0.6 is 27.5 Å². The maximum atomic E-state index is 12.4. The van der Waals surface area contributed by atoms with E-state index < -0.39 is 17.7 Å². The summed E-state index contributed by atoms with van der Waals surface area (Å²) in [5.41, 5.74) is -0.339. The fourth-order valence-electron chi connectivity index (χ4n) is 0.902. The van der Waals surface area contributed by atoms with Crippen LogP contribution in [0.5, 0.6) is 5.75 Å². The number of halogens is 4. The van der Waals surface area contributed by atoms with E-state index in [1.807, 2.05) is 0 Å². The lowest BCUT2D eigenvalue weighted by Crippen LogP contribution is -1.96. The summed E-state index contributed by atoms with van der Waals surface area (Å²) >= 11 is 8.41. The number of nitrogens with zero attached hydrogens (tertiary/aromatic N) is 1. The summed E-state index contributed by atoms with van der Waals surface area (Å²) in [6.45, 7) is 0. The van der Waals surface area contributed by atoms with Gasteiger partial charge in [0.2, 0.25) is 0 Å². The van der Waals surface area contributed by atoms with Gasteiger partial charge in [0.15, 0.2) is 0 Å². The fraction of sp³-hybridized carbons (Fsp3) is 0.286. The molecule has 0 atom stereocenters. The average Bonchev–Trinajstić information content (AvgIpc) is 2.07. The number of aromatic nitrogens is 1. The normalized spacial score (nSPS) is 10.8. The Kier molecular flexibility index (Phi) is 3.44. The molecule has 0 aliphatic rings. The van der Waals surface area contributed by atoms with Crippen LogP contribution < -0.4 is 0 Å². The second kappa shape index (κ2) is 4.19. The Morgan fingerprint density at radius 3 is 2.62 bits per heavy atom.